The van der Waals surface area contributed by atoms with Gasteiger partial charge in [0.1, 0.15) is 11.5 Å². The molecule has 0 aliphatic carbocycles. The van der Waals surface area contributed by atoms with Crippen molar-refractivity contribution in [2.45, 2.75) is 20.0 Å². The lowest BCUT2D eigenvalue weighted by Crippen LogP contribution is -2.03. The lowest BCUT2D eigenvalue weighted by Gasteiger charge is -2.07. The number of benzene rings is 1. The van der Waals surface area contributed by atoms with Crippen LogP contribution >= 0.6 is 11.6 Å². The fraction of sp³-hybridized carbons (Fsp3) is 0.300. The zero-order valence-electron chi connectivity index (χ0n) is 7.97. The molecule has 0 heterocycles. The molecule has 0 unspecified atom stereocenters. The first-order valence-corrected chi connectivity index (χ1v) is 4.59. The molecule has 0 aliphatic heterocycles. The second-order valence-corrected chi connectivity index (χ2v) is 3.43. The number of rotatable bonds is 4. The number of hydrogen-bond donors (Lipinski definition) is 0. The molecule has 0 aliphatic rings. The van der Waals surface area contributed by atoms with E-state index >= 15 is 0 Å². The second-order valence-electron chi connectivity index (χ2n) is 3.02. The van der Waals surface area contributed by atoms with Crippen LogP contribution in [0.1, 0.15) is 12.5 Å². The number of ketones is 1. The molecule has 0 saturated carbocycles. The summed E-state index contributed by atoms with van der Waals surface area (Å²) < 4.78 is 27.9. The molecule has 1 aromatic rings. The number of carbonyl (C=O) groups excluding carboxylic acids is 1. The monoisotopic (exact) mass is 234 g/mol. The largest absolute Gasteiger partial charge is 0.433 e. The molecule has 0 fully saturated rings. The predicted molar refractivity (Wildman–Crippen MR) is 52.5 cm³/mol. The highest BCUT2D eigenvalue weighted by molar-refractivity contribution is 6.32. The molecule has 0 spiro atoms. The van der Waals surface area contributed by atoms with Crippen molar-refractivity contribution in [2.24, 2.45) is 0 Å². The highest BCUT2D eigenvalue weighted by Gasteiger charge is 2.09. The van der Waals surface area contributed by atoms with E-state index in [1.54, 1.807) is 0 Å². The minimum atomic E-state index is -2.90. The van der Waals surface area contributed by atoms with Crippen molar-refractivity contribution < 1.29 is 18.3 Å². The van der Waals surface area contributed by atoms with Crippen LogP contribution in [0.5, 0.6) is 5.75 Å². The molecule has 0 radical (unpaired) electrons. The summed E-state index contributed by atoms with van der Waals surface area (Å²) in [6.07, 6.45) is 0.231. The third-order valence-corrected chi connectivity index (χ3v) is 1.96. The maximum absolute atomic E-state index is 11.9. The Labute approximate surface area is 90.8 Å². The van der Waals surface area contributed by atoms with Gasteiger partial charge in [0.25, 0.3) is 0 Å². The van der Waals surface area contributed by atoms with Crippen molar-refractivity contribution in [1.29, 1.82) is 0 Å². The molecule has 82 valence electrons. The molecular formula is C10H9ClF2O2. The summed E-state index contributed by atoms with van der Waals surface area (Å²) in [6.45, 7) is -1.46. The van der Waals surface area contributed by atoms with Crippen LogP contribution in [0.3, 0.4) is 0 Å². The van der Waals surface area contributed by atoms with Crippen molar-refractivity contribution >= 4 is 17.4 Å². The van der Waals surface area contributed by atoms with Gasteiger partial charge in [-0.25, -0.2) is 0 Å². The Morgan fingerprint density at radius 3 is 2.67 bits per heavy atom. The summed E-state index contributed by atoms with van der Waals surface area (Å²) in [5.41, 5.74) is 0.675. The number of Topliss-reactive ketones (excluding diaryl/α,β-unsaturated/α-hetero) is 1. The van der Waals surface area contributed by atoms with Gasteiger partial charge < -0.3 is 4.74 Å². The topological polar surface area (TPSA) is 26.3 Å². The fourth-order valence-corrected chi connectivity index (χ4v) is 1.38. The van der Waals surface area contributed by atoms with Gasteiger partial charge in [-0.2, -0.15) is 8.78 Å². The summed E-state index contributed by atoms with van der Waals surface area (Å²) in [4.78, 5) is 10.8. The van der Waals surface area contributed by atoms with Crippen LogP contribution in [-0.2, 0) is 11.2 Å². The van der Waals surface area contributed by atoms with Gasteiger partial charge in [0.15, 0.2) is 0 Å². The molecule has 1 rings (SSSR count). The third-order valence-electron chi connectivity index (χ3n) is 1.67. The van der Waals surface area contributed by atoms with Crippen molar-refractivity contribution in [3.05, 3.63) is 28.8 Å². The molecule has 0 bridgehead atoms. The van der Waals surface area contributed by atoms with Gasteiger partial charge in [0.05, 0.1) is 5.02 Å². The average Bonchev–Trinajstić information content (AvgIpc) is 2.08. The van der Waals surface area contributed by atoms with Crippen LogP contribution in [-0.4, -0.2) is 12.4 Å². The molecule has 5 heteroatoms. The zero-order chi connectivity index (χ0) is 11.4. The summed E-state index contributed by atoms with van der Waals surface area (Å²) in [6, 6.07) is 4.30. The van der Waals surface area contributed by atoms with E-state index in [1.807, 2.05) is 0 Å². The van der Waals surface area contributed by atoms with Crippen LogP contribution in [0.2, 0.25) is 5.02 Å². The Morgan fingerprint density at radius 1 is 1.53 bits per heavy atom. The summed E-state index contributed by atoms with van der Waals surface area (Å²) in [5, 5.41) is 0.0778. The molecule has 0 saturated heterocycles. The van der Waals surface area contributed by atoms with Crippen molar-refractivity contribution in [3.63, 3.8) is 0 Å². The van der Waals surface area contributed by atoms with Crippen LogP contribution in [0.15, 0.2) is 18.2 Å². The van der Waals surface area contributed by atoms with Crippen LogP contribution in [0.4, 0.5) is 8.78 Å². The predicted octanol–water partition coefficient (Wildman–Crippen LogP) is 3.07. The van der Waals surface area contributed by atoms with E-state index in [9.17, 15) is 13.6 Å². The quantitative estimate of drug-likeness (QED) is 0.800. The van der Waals surface area contributed by atoms with E-state index in [1.165, 1.54) is 25.1 Å². The van der Waals surface area contributed by atoms with E-state index in [-0.39, 0.29) is 23.0 Å². The summed E-state index contributed by atoms with van der Waals surface area (Å²) >= 11 is 5.69. The highest BCUT2D eigenvalue weighted by atomic mass is 35.5. The minimum Gasteiger partial charge on any atom is -0.433 e. The van der Waals surface area contributed by atoms with E-state index in [2.05, 4.69) is 4.74 Å². The molecule has 0 amide bonds. The maximum Gasteiger partial charge on any atom is 0.387 e. The smallest absolute Gasteiger partial charge is 0.387 e. The average molecular weight is 235 g/mol. The van der Waals surface area contributed by atoms with Gasteiger partial charge in [-0.3, -0.25) is 4.79 Å². The molecule has 0 aromatic heterocycles. The second kappa shape index (κ2) is 5.07. The maximum atomic E-state index is 11.9. The number of alkyl halides is 2. The van der Waals surface area contributed by atoms with Gasteiger partial charge in [-0.1, -0.05) is 17.7 Å². The first kappa shape index (κ1) is 11.9. The van der Waals surface area contributed by atoms with Crippen LogP contribution in [0, 0.1) is 0 Å². The van der Waals surface area contributed by atoms with Crippen molar-refractivity contribution in [2.75, 3.05) is 0 Å². The Kier molecular flexibility index (Phi) is 4.03. The molecule has 15 heavy (non-hydrogen) atoms. The van der Waals surface area contributed by atoms with E-state index in [0.717, 1.165) is 0 Å². The van der Waals surface area contributed by atoms with Gasteiger partial charge in [-0.15, -0.1) is 0 Å². The first-order valence-electron chi connectivity index (χ1n) is 4.21. The van der Waals surface area contributed by atoms with Gasteiger partial charge in [0, 0.05) is 6.42 Å². The molecule has 0 N–H and O–H groups in total. The Bertz CT molecular complexity index is 366. The minimum absolute atomic E-state index is 0.0198. The van der Waals surface area contributed by atoms with Crippen LogP contribution < -0.4 is 4.74 Å². The molecular weight excluding hydrogens is 226 g/mol. The lowest BCUT2D eigenvalue weighted by atomic mass is 10.1. The van der Waals surface area contributed by atoms with E-state index in [4.69, 9.17) is 11.6 Å². The van der Waals surface area contributed by atoms with E-state index < -0.39 is 6.61 Å². The number of halogens is 3. The summed E-state index contributed by atoms with van der Waals surface area (Å²) in [7, 11) is 0. The van der Waals surface area contributed by atoms with E-state index in [0.29, 0.717) is 5.56 Å². The molecule has 1 aromatic carbocycles. The number of hydrogen-bond acceptors (Lipinski definition) is 2. The Balaban J connectivity index is 2.83. The standard InChI is InChI=1S/C10H9ClF2O2/c1-6(14)4-7-2-3-9(8(11)5-7)15-10(12)13/h2-3,5,10H,4H2,1H3. The van der Waals surface area contributed by atoms with Gasteiger partial charge in [0.2, 0.25) is 0 Å². The normalized spacial score (nSPS) is 10.5. The molecule has 0 atom stereocenters. The van der Waals surface area contributed by atoms with Crippen molar-refractivity contribution in [1.82, 2.24) is 0 Å². The Hall–Kier alpha value is -1.16. The zero-order valence-corrected chi connectivity index (χ0v) is 8.72. The Morgan fingerprint density at radius 2 is 2.20 bits per heavy atom. The van der Waals surface area contributed by atoms with Gasteiger partial charge in [-0.05, 0) is 24.6 Å². The highest BCUT2D eigenvalue weighted by Crippen LogP contribution is 2.27. The third kappa shape index (κ3) is 3.83. The van der Waals surface area contributed by atoms with Crippen LogP contribution in [0.25, 0.3) is 0 Å². The van der Waals surface area contributed by atoms with Gasteiger partial charge >= 0.3 is 6.61 Å². The lowest BCUT2D eigenvalue weighted by molar-refractivity contribution is -0.116. The number of carbonyl (C=O) groups is 1. The number of ether oxygens (including phenoxy) is 1. The molecule has 2 nitrogen and oxygen atoms in total. The first-order chi connectivity index (χ1) is 6.99. The SMILES string of the molecule is CC(=O)Cc1ccc(OC(F)F)c(Cl)c1. The summed E-state index contributed by atoms with van der Waals surface area (Å²) in [5.74, 6) is -0.104. The fourth-order valence-electron chi connectivity index (χ4n) is 1.13. The van der Waals surface area contributed by atoms with Crippen molar-refractivity contribution in [3.8, 4) is 5.75 Å².